The highest BCUT2D eigenvalue weighted by Crippen LogP contribution is 2.30. The largest absolute Gasteiger partial charge is 0.329 e. The van der Waals surface area contributed by atoms with E-state index in [0.717, 1.165) is 16.6 Å². The number of aryl methyl sites for hydroxylation is 3. The quantitative estimate of drug-likeness (QED) is 0.588. The number of fused-ring (bicyclic) bond motifs is 1. The first-order valence-electron chi connectivity index (χ1n) is 7.85. The van der Waals surface area contributed by atoms with E-state index < -0.39 is 0 Å². The molecule has 0 spiro atoms. The molecule has 0 unspecified atom stereocenters. The van der Waals surface area contributed by atoms with Gasteiger partial charge in [0.05, 0.1) is 16.0 Å². The molecule has 0 saturated heterocycles. The average molecular weight is 324 g/mol. The number of nitrogens with zero attached hydrogens (tertiary/aromatic N) is 3. The van der Waals surface area contributed by atoms with Crippen molar-refractivity contribution >= 4 is 16.7 Å². The molecule has 24 heavy (non-hydrogen) atoms. The number of hydrogen-bond donors (Lipinski definition) is 1. The van der Waals surface area contributed by atoms with Crippen molar-refractivity contribution in [2.75, 3.05) is 6.54 Å². The van der Waals surface area contributed by atoms with Gasteiger partial charge in [-0.25, -0.2) is 4.98 Å². The average Bonchev–Trinajstić information content (AvgIpc) is 2.86. The minimum absolute atomic E-state index is 0.103. The molecule has 0 saturated carbocycles. The summed E-state index contributed by atoms with van der Waals surface area (Å²) in [5.41, 5.74) is 11.5. The number of aromatic nitrogens is 2. The Labute approximate surface area is 140 Å². The topological polar surface area (TPSA) is 87.0 Å². The number of nitro benzene ring substituents is 1. The van der Waals surface area contributed by atoms with Crippen molar-refractivity contribution in [3.63, 3.8) is 0 Å². The minimum Gasteiger partial charge on any atom is -0.329 e. The molecule has 0 aliphatic carbocycles. The molecule has 2 N–H and O–H groups in total. The summed E-state index contributed by atoms with van der Waals surface area (Å²) in [6, 6.07) is 9.36. The first kappa shape index (κ1) is 16.1. The lowest BCUT2D eigenvalue weighted by atomic mass is 10.1. The Morgan fingerprint density at radius 1 is 1.12 bits per heavy atom. The van der Waals surface area contributed by atoms with Crippen LogP contribution in [0.3, 0.4) is 0 Å². The molecule has 0 fully saturated rings. The highest BCUT2D eigenvalue weighted by molar-refractivity contribution is 5.82. The van der Waals surface area contributed by atoms with Gasteiger partial charge in [-0.3, -0.25) is 10.1 Å². The monoisotopic (exact) mass is 324 g/mol. The van der Waals surface area contributed by atoms with Crippen molar-refractivity contribution < 1.29 is 4.92 Å². The van der Waals surface area contributed by atoms with E-state index in [4.69, 9.17) is 10.7 Å². The zero-order valence-corrected chi connectivity index (χ0v) is 14.0. The maximum Gasteiger partial charge on any atom is 0.273 e. The van der Waals surface area contributed by atoms with Crippen molar-refractivity contribution in [3.05, 3.63) is 57.1 Å². The predicted molar refractivity (Wildman–Crippen MR) is 95.1 cm³/mol. The van der Waals surface area contributed by atoms with Crippen LogP contribution in [0.2, 0.25) is 0 Å². The molecule has 0 radical (unpaired) electrons. The van der Waals surface area contributed by atoms with Crippen molar-refractivity contribution in [1.29, 1.82) is 0 Å². The molecule has 1 heterocycles. The Kier molecular flexibility index (Phi) is 4.07. The van der Waals surface area contributed by atoms with Crippen LogP contribution in [0.15, 0.2) is 30.3 Å². The Morgan fingerprint density at radius 3 is 2.50 bits per heavy atom. The zero-order valence-electron chi connectivity index (χ0n) is 14.0. The van der Waals surface area contributed by atoms with Crippen LogP contribution in [0, 0.1) is 30.9 Å². The van der Waals surface area contributed by atoms with Gasteiger partial charge in [0, 0.05) is 30.3 Å². The van der Waals surface area contributed by atoms with Crippen LogP contribution in [0.1, 0.15) is 16.7 Å². The van der Waals surface area contributed by atoms with Gasteiger partial charge in [-0.2, -0.15) is 0 Å². The van der Waals surface area contributed by atoms with E-state index in [0.29, 0.717) is 24.5 Å². The maximum absolute atomic E-state index is 11.2. The molecule has 6 nitrogen and oxygen atoms in total. The molecule has 1 aromatic heterocycles. The first-order chi connectivity index (χ1) is 11.4. The van der Waals surface area contributed by atoms with E-state index in [-0.39, 0.29) is 10.6 Å². The van der Waals surface area contributed by atoms with Crippen LogP contribution in [0.5, 0.6) is 0 Å². The first-order valence-corrected chi connectivity index (χ1v) is 7.85. The van der Waals surface area contributed by atoms with E-state index in [9.17, 15) is 10.1 Å². The summed E-state index contributed by atoms with van der Waals surface area (Å²) in [6.07, 6.45) is 0. The summed E-state index contributed by atoms with van der Waals surface area (Å²) in [7, 11) is 0. The Bertz CT molecular complexity index is 944. The number of nitrogens with two attached hydrogens (primary N) is 1. The van der Waals surface area contributed by atoms with Gasteiger partial charge in [0.15, 0.2) is 0 Å². The van der Waals surface area contributed by atoms with Gasteiger partial charge in [0.25, 0.3) is 5.69 Å². The Morgan fingerprint density at radius 2 is 1.83 bits per heavy atom. The van der Waals surface area contributed by atoms with Crippen LogP contribution in [0.4, 0.5) is 5.69 Å². The van der Waals surface area contributed by atoms with Crippen molar-refractivity contribution in [3.8, 4) is 11.4 Å². The van der Waals surface area contributed by atoms with Crippen LogP contribution >= 0.6 is 0 Å². The number of hydrogen-bond acceptors (Lipinski definition) is 4. The van der Waals surface area contributed by atoms with Crippen LogP contribution in [-0.2, 0) is 6.54 Å². The molecule has 0 atom stereocenters. The lowest BCUT2D eigenvalue weighted by Crippen LogP contribution is -2.11. The van der Waals surface area contributed by atoms with Crippen LogP contribution in [-0.4, -0.2) is 21.0 Å². The smallest absolute Gasteiger partial charge is 0.273 e. The second kappa shape index (κ2) is 6.05. The summed E-state index contributed by atoms with van der Waals surface area (Å²) in [5.74, 6) is 0.712. The van der Waals surface area contributed by atoms with Crippen molar-refractivity contribution in [2.24, 2.45) is 5.73 Å². The lowest BCUT2D eigenvalue weighted by Gasteiger charge is -2.09. The van der Waals surface area contributed by atoms with Crippen LogP contribution in [0.25, 0.3) is 22.4 Å². The lowest BCUT2D eigenvalue weighted by molar-refractivity contribution is -0.385. The van der Waals surface area contributed by atoms with E-state index in [1.165, 1.54) is 11.1 Å². The van der Waals surface area contributed by atoms with Crippen LogP contribution < -0.4 is 5.73 Å². The SMILES string of the molecule is Cc1cc2nc(-c3ccc(C)c([N+](=O)[O-])c3)n(CCN)c2cc1C. The third-order valence-corrected chi connectivity index (χ3v) is 4.38. The third kappa shape index (κ3) is 2.65. The number of nitro groups is 1. The number of benzene rings is 2. The summed E-state index contributed by atoms with van der Waals surface area (Å²) in [5, 5.41) is 11.2. The van der Waals surface area contributed by atoms with Gasteiger partial charge in [-0.05, 0) is 44.0 Å². The summed E-state index contributed by atoms with van der Waals surface area (Å²) in [4.78, 5) is 15.6. The fraction of sp³-hybridized carbons (Fsp3) is 0.278. The highest BCUT2D eigenvalue weighted by Gasteiger charge is 2.17. The molecule has 3 aromatic rings. The van der Waals surface area contributed by atoms with Crippen molar-refractivity contribution in [1.82, 2.24) is 9.55 Å². The van der Waals surface area contributed by atoms with E-state index in [2.05, 4.69) is 13.0 Å². The van der Waals surface area contributed by atoms with E-state index >= 15 is 0 Å². The predicted octanol–water partition coefficient (Wildman–Crippen LogP) is 3.50. The molecule has 6 heteroatoms. The molecule has 0 aliphatic heterocycles. The summed E-state index contributed by atoms with van der Waals surface area (Å²) < 4.78 is 2.04. The van der Waals surface area contributed by atoms with Gasteiger partial charge in [0.1, 0.15) is 5.82 Å². The fourth-order valence-corrected chi connectivity index (χ4v) is 2.90. The summed E-state index contributed by atoms with van der Waals surface area (Å²) in [6.45, 7) is 6.92. The minimum atomic E-state index is -0.358. The maximum atomic E-state index is 11.2. The molecule has 124 valence electrons. The van der Waals surface area contributed by atoms with Gasteiger partial charge < -0.3 is 10.3 Å². The van der Waals surface area contributed by atoms with E-state index in [1.54, 1.807) is 19.1 Å². The second-order valence-corrected chi connectivity index (χ2v) is 6.06. The molecular formula is C18H20N4O2. The van der Waals surface area contributed by atoms with Gasteiger partial charge in [0.2, 0.25) is 0 Å². The molecule has 2 aromatic carbocycles. The molecule has 0 amide bonds. The zero-order chi connectivity index (χ0) is 17.4. The number of rotatable bonds is 4. The number of imidazole rings is 1. The Balaban J connectivity index is 2.27. The van der Waals surface area contributed by atoms with E-state index in [1.807, 2.05) is 23.6 Å². The summed E-state index contributed by atoms with van der Waals surface area (Å²) >= 11 is 0. The third-order valence-electron chi connectivity index (χ3n) is 4.38. The fourth-order valence-electron chi connectivity index (χ4n) is 2.90. The molecule has 0 aliphatic rings. The molecule has 3 rings (SSSR count). The second-order valence-electron chi connectivity index (χ2n) is 6.06. The van der Waals surface area contributed by atoms with Gasteiger partial charge in [-0.1, -0.05) is 12.1 Å². The Hall–Kier alpha value is -2.73. The highest BCUT2D eigenvalue weighted by atomic mass is 16.6. The van der Waals surface area contributed by atoms with Gasteiger partial charge in [-0.15, -0.1) is 0 Å². The molecule has 0 bridgehead atoms. The van der Waals surface area contributed by atoms with Gasteiger partial charge >= 0.3 is 0 Å². The standard InChI is InChI=1S/C18H20N4O2/c1-11-4-5-14(10-16(11)22(23)24)18-20-15-8-12(2)13(3)9-17(15)21(18)7-6-19/h4-5,8-10H,6-7,19H2,1-3H3. The normalized spacial score (nSPS) is 11.2. The van der Waals surface area contributed by atoms with Crippen molar-refractivity contribution in [2.45, 2.75) is 27.3 Å². The molecular weight excluding hydrogens is 304 g/mol.